The average molecular weight is 298 g/mol. The van der Waals surface area contributed by atoms with Gasteiger partial charge in [-0.05, 0) is 67.5 Å². The first kappa shape index (κ1) is 14.9. The van der Waals surface area contributed by atoms with Gasteiger partial charge in [0.05, 0.1) is 12.2 Å². The van der Waals surface area contributed by atoms with Crippen molar-refractivity contribution < 1.29 is 14.9 Å². The Kier molecular flexibility index (Phi) is 4.64. The summed E-state index contributed by atoms with van der Waals surface area (Å²) >= 11 is 0. The van der Waals surface area contributed by atoms with Gasteiger partial charge in [0.25, 0.3) is 0 Å². The van der Waals surface area contributed by atoms with Crippen LogP contribution in [0.1, 0.15) is 42.9 Å². The minimum Gasteiger partial charge on any atom is -0.508 e. The van der Waals surface area contributed by atoms with Gasteiger partial charge in [-0.3, -0.25) is 0 Å². The predicted octanol–water partition coefficient (Wildman–Crippen LogP) is 4.34. The molecule has 2 aromatic carbocycles. The van der Waals surface area contributed by atoms with Gasteiger partial charge in [0.2, 0.25) is 0 Å². The number of hydrogen-bond acceptors (Lipinski definition) is 3. The van der Waals surface area contributed by atoms with Gasteiger partial charge in [-0.2, -0.15) is 0 Å². The molecule has 1 fully saturated rings. The van der Waals surface area contributed by atoms with E-state index in [0.717, 1.165) is 31.2 Å². The standard InChI is InChI=1S/C19H22O3/c20-16-9-4-14(5-10-16)6-13-18-2-1-3-19(22-18)15-7-11-17(21)12-8-15/h4-5,7-12,18-21H,1-3,6,13H2/t18-,19-/m0/s1. The summed E-state index contributed by atoms with van der Waals surface area (Å²) in [5.74, 6) is 0.605. The normalized spacial score (nSPS) is 21.6. The zero-order valence-electron chi connectivity index (χ0n) is 12.6. The molecule has 0 saturated carbocycles. The first-order valence-electron chi connectivity index (χ1n) is 7.93. The van der Waals surface area contributed by atoms with Crippen molar-refractivity contribution in [2.45, 2.75) is 44.3 Å². The maximum Gasteiger partial charge on any atom is 0.115 e. The summed E-state index contributed by atoms with van der Waals surface area (Å²) in [7, 11) is 0. The molecule has 22 heavy (non-hydrogen) atoms. The third-order valence-corrected chi connectivity index (χ3v) is 4.31. The van der Waals surface area contributed by atoms with Gasteiger partial charge in [0.15, 0.2) is 0 Å². The fourth-order valence-corrected chi connectivity index (χ4v) is 3.04. The van der Waals surface area contributed by atoms with Gasteiger partial charge >= 0.3 is 0 Å². The highest BCUT2D eigenvalue weighted by Gasteiger charge is 2.23. The Morgan fingerprint density at radius 3 is 2.18 bits per heavy atom. The van der Waals surface area contributed by atoms with Gasteiger partial charge in [-0.1, -0.05) is 24.3 Å². The van der Waals surface area contributed by atoms with Crippen molar-refractivity contribution in [3.8, 4) is 11.5 Å². The SMILES string of the molecule is Oc1ccc(CC[C@@H]2CCC[C@@H](c3ccc(O)cc3)O2)cc1. The number of benzene rings is 2. The molecule has 0 bridgehead atoms. The van der Waals surface area contributed by atoms with Crippen molar-refractivity contribution in [1.82, 2.24) is 0 Å². The summed E-state index contributed by atoms with van der Waals surface area (Å²) in [5, 5.41) is 18.7. The van der Waals surface area contributed by atoms with E-state index >= 15 is 0 Å². The second-order valence-corrected chi connectivity index (χ2v) is 5.97. The van der Waals surface area contributed by atoms with E-state index in [-0.39, 0.29) is 12.2 Å². The summed E-state index contributed by atoms with van der Waals surface area (Å²) in [6, 6.07) is 14.7. The van der Waals surface area contributed by atoms with E-state index in [1.807, 2.05) is 24.3 Å². The molecule has 1 heterocycles. The van der Waals surface area contributed by atoms with Crippen LogP contribution in [-0.2, 0) is 11.2 Å². The molecule has 0 aliphatic carbocycles. The van der Waals surface area contributed by atoms with Crippen molar-refractivity contribution in [2.75, 3.05) is 0 Å². The highest BCUT2D eigenvalue weighted by atomic mass is 16.5. The number of phenolic OH excluding ortho intramolecular Hbond substituents is 2. The summed E-state index contributed by atoms with van der Waals surface area (Å²) in [6.45, 7) is 0. The van der Waals surface area contributed by atoms with Crippen LogP contribution in [0.15, 0.2) is 48.5 Å². The van der Waals surface area contributed by atoms with E-state index in [1.165, 1.54) is 12.0 Å². The summed E-state index contributed by atoms with van der Waals surface area (Å²) < 4.78 is 6.23. The summed E-state index contributed by atoms with van der Waals surface area (Å²) in [6.07, 6.45) is 5.70. The predicted molar refractivity (Wildman–Crippen MR) is 86.0 cm³/mol. The van der Waals surface area contributed by atoms with Crippen molar-refractivity contribution in [3.05, 3.63) is 59.7 Å². The van der Waals surface area contributed by atoms with Crippen molar-refractivity contribution in [3.63, 3.8) is 0 Å². The molecule has 1 aliphatic rings. The van der Waals surface area contributed by atoms with E-state index in [2.05, 4.69) is 0 Å². The molecule has 2 aromatic rings. The van der Waals surface area contributed by atoms with E-state index in [4.69, 9.17) is 4.74 Å². The molecule has 1 saturated heterocycles. The second kappa shape index (κ2) is 6.84. The summed E-state index contributed by atoms with van der Waals surface area (Å²) in [4.78, 5) is 0. The Balaban J connectivity index is 1.56. The van der Waals surface area contributed by atoms with Crippen LogP contribution in [0.5, 0.6) is 11.5 Å². The molecule has 1 aliphatic heterocycles. The van der Waals surface area contributed by atoms with Crippen molar-refractivity contribution in [1.29, 1.82) is 0 Å². The molecule has 3 rings (SSSR count). The Morgan fingerprint density at radius 2 is 1.50 bits per heavy atom. The van der Waals surface area contributed by atoms with E-state index in [9.17, 15) is 10.2 Å². The van der Waals surface area contributed by atoms with Crippen LogP contribution < -0.4 is 0 Å². The topological polar surface area (TPSA) is 49.7 Å². The highest BCUT2D eigenvalue weighted by molar-refractivity contribution is 5.28. The van der Waals surface area contributed by atoms with Crippen LogP contribution in [0.4, 0.5) is 0 Å². The highest BCUT2D eigenvalue weighted by Crippen LogP contribution is 2.33. The molecular formula is C19H22O3. The van der Waals surface area contributed by atoms with Gasteiger partial charge in [-0.25, -0.2) is 0 Å². The molecule has 0 amide bonds. The van der Waals surface area contributed by atoms with Gasteiger partial charge < -0.3 is 14.9 Å². The van der Waals surface area contributed by atoms with Crippen LogP contribution in [0, 0.1) is 0 Å². The quantitative estimate of drug-likeness (QED) is 0.882. The zero-order valence-corrected chi connectivity index (χ0v) is 12.6. The van der Waals surface area contributed by atoms with Gasteiger partial charge in [-0.15, -0.1) is 0 Å². The molecule has 2 atom stereocenters. The Labute approximate surface area is 131 Å². The molecular weight excluding hydrogens is 276 g/mol. The van der Waals surface area contributed by atoms with Crippen LogP contribution >= 0.6 is 0 Å². The molecule has 3 heteroatoms. The average Bonchev–Trinajstić information content (AvgIpc) is 2.55. The molecule has 0 spiro atoms. The number of phenols is 2. The molecule has 2 N–H and O–H groups in total. The van der Waals surface area contributed by atoms with Crippen LogP contribution in [0.25, 0.3) is 0 Å². The first-order chi connectivity index (χ1) is 10.7. The Hall–Kier alpha value is -2.00. The lowest BCUT2D eigenvalue weighted by atomic mass is 9.95. The lowest BCUT2D eigenvalue weighted by Crippen LogP contribution is -2.23. The molecule has 3 nitrogen and oxygen atoms in total. The maximum absolute atomic E-state index is 9.38. The van der Waals surface area contributed by atoms with E-state index < -0.39 is 0 Å². The van der Waals surface area contributed by atoms with Crippen LogP contribution in [0.2, 0.25) is 0 Å². The van der Waals surface area contributed by atoms with E-state index in [1.54, 1.807) is 24.3 Å². The molecule has 116 valence electrons. The zero-order chi connectivity index (χ0) is 15.4. The Morgan fingerprint density at radius 1 is 0.864 bits per heavy atom. The first-order valence-corrected chi connectivity index (χ1v) is 7.93. The van der Waals surface area contributed by atoms with Gasteiger partial charge in [0.1, 0.15) is 11.5 Å². The fraction of sp³-hybridized carbons (Fsp3) is 0.368. The number of ether oxygens (including phenoxy) is 1. The number of aromatic hydroxyl groups is 2. The van der Waals surface area contributed by atoms with E-state index in [0.29, 0.717) is 11.5 Å². The molecule has 0 unspecified atom stereocenters. The lowest BCUT2D eigenvalue weighted by molar-refractivity contribution is -0.0546. The monoisotopic (exact) mass is 298 g/mol. The number of rotatable bonds is 4. The van der Waals surface area contributed by atoms with Gasteiger partial charge in [0, 0.05) is 0 Å². The van der Waals surface area contributed by atoms with Crippen molar-refractivity contribution in [2.24, 2.45) is 0 Å². The largest absolute Gasteiger partial charge is 0.508 e. The second-order valence-electron chi connectivity index (χ2n) is 5.97. The summed E-state index contributed by atoms with van der Waals surface area (Å²) in [5.41, 5.74) is 2.38. The van der Waals surface area contributed by atoms with Crippen LogP contribution in [-0.4, -0.2) is 16.3 Å². The lowest BCUT2D eigenvalue weighted by Gasteiger charge is -2.30. The minimum atomic E-state index is 0.138. The maximum atomic E-state index is 9.38. The minimum absolute atomic E-state index is 0.138. The number of aryl methyl sites for hydroxylation is 1. The third kappa shape index (κ3) is 3.80. The fourth-order valence-electron chi connectivity index (χ4n) is 3.04. The molecule has 0 radical (unpaired) electrons. The Bertz CT molecular complexity index is 589. The van der Waals surface area contributed by atoms with Crippen LogP contribution in [0.3, 0.4) is 0 Å². The van der Waals surface area contributed by atoms with Crippen molar-refractivity contribution >= 4 is 0 Å². The number of hydrogen-bond donors (Lipinski definition) is 2. The molecule has 0 aromatic heterocycles. The smallest absolute Gasteiger partial charge is 0.115 e. The third-order valence-electron chi connectivity index (χ3n) is 4.31.